The van der Waals surface area contributed by atoms with Gasteiger partial charge in [-0.05, 0) is 37.0 Å². The first-order valence-electron chi connectivity index (χ1n) is 5.79. The highest BCUT2D eigenvalue weighted by Gasteiger charge is 2.31. The van der Waals surface area contributed by atoms with Crippen molar-refractivity contribution >= 4 is 21.6 Å². The summed E-state index contributed by atoms with van der Waals surface area (Å²) >= 11 is 5.80. The van der Waals surface area contributed by atoms with Crippen LogP contribution in [-0.2, 0) is 10.0 Å². The Morgan fingerprint density at radius 2 is 2.11 bits per heavy atom. The minimum Gasteiger partial charge on any atom is -0.393 e. The third kappa shape index (κ3) is 2.85. The molecule has 0 atom stereocenters. The lowest BCUT2D eigenvalue weighted by Gasteiger charge is -2.34. The number of aliphatic hydroxyl groups is 1. The van der Waals surface area contributed by atoms with E-state index in [1.807, 2.05) is 0 Å². The summed E-state index contributed by atoms with van der Waals surface area (Å²) in [5.41, 5.74) is 0. The molecule has 100 valence electrons. The molecule has 0 amide bonds. The second kappa shape index (κ2) is 5.17. The monoisotopic (exact) mass is 289 g/mol. The van der Waals surface area contributed by atoms with Crippen LogP contribution in [0.3, 0.4) is 0 Å². The maximum atomic E-state index is 12.2. The number of sulfonamides is 1. The van der Waals surface area contributed by atoms with Gasteiger partial charge in [-0.3, -0.25) is 0 Å². The van der Waals surface area contributed by atoms with Crippen LogP contribution in [0.2, 0.25) is 5.02 Å². The molecule has 6 heteroatoms. The molecule has 18 heavy (non-hydrogen) atoms. The Bertz CT molecular complexity index is 526. The lowest BCUT2D eigenvalue weighted by molar-refractivity contribution is 0.0367. The molecule has 0 unspecified atom stereocenters. The van der Waals surface area contributed by atoms with E-state index in [2.05, 4.69) is 0 Å². The molecule has 0 aromatic heterocycles. The van der Waals surface area contributed by atoms with Gasteiger partial charge in [0.1, 0.15) is 0 Å². The zero-order valence-corrected chi connectivity index (χ0v) is 11.7. The molecule has 1 saturated carbocycles. The van der Waals surface area contributed by atoms with Crippen molar-refractivity contribution in [2.45, 2.75) is 23.8 Å². The molecule has 1 N–H and O–H groups in total. The van der Waals surface area contributed by atoms with E-state index in [1.165, 1.54) is 16.4 Å². The second-order valence-electron chi connectivity index (χ2n) is 4.73. The molecule has 0 spiro atoms. The van der Waals surface area contributed by atoms with Gasteiger partial charge in [0, 0.05) is 18.6 Å². The van der Waals surface area contributed by atoms with Crippen LogP contribution >= 0.6 is 11.6 Å². The Hall–Kier alpha value is -0.620. The van der Waals surface area contributed by atoms with Gasteiger partial charge in [0.2, 0.25) is 10.0 Å². The van der Waals surface area contributed by atoms with Gasteiger partial charge < -0.3 is 5.11 Å². The lowest BCUT2D eigenvalue weighted by atomic mass is 9.82. The summed E-state index contributed by atoms with van der Waals surface area (Å²) in [4.78, 5) is 0.206. The van der Waals surface area contributed by atoms with E-state index in [0.29, 0.717) is 24.4 Å². The van der Waals surface area contributed by atoms with Crippen LogP contribution in [0.4, 0.5) is 0 Å². The molecular formula is C12H16ClNO3S. The van der Waals surface area contributed by atoms with Gasteiger partial charge in [-0.1, -0.05) is 17.7 Å². The molecule has 0 heterocycles. The predicted octanol–water partition coefficient (Wildman–Crippen LogP) is 1.73. The van der Waals surface area contributed by atoms with Gasteiger partial charge in [-0.15, -0.1) is 0 Å². The number of hydrogen-bond donors (Lipinski definition) is 1. The maximum Gasteiger partial charge on any atom is 0.242 e. The highest BCUT2D eigenvalue weighted by atomic mass is 35.5. The minimum atomic E-state index is -3.48. The smallest absolute Gasteiger partial charge is 0.242 e. The lowest BCUT2D eigenvalue weighted by Crippen LogP contribution is -2.39. The predicted molar refractivity (Wildman–Crippen MR) is 70.0 cm³/mol. The van der Waals surface area contributed by atoms with Gasteiger partial charge >= 0.3 is 0 Å². The fourth-order valence-electron chi connectivity index (χ4n) is 2.12. The second-order valence-corrected chi connectivity index (χ2v) is 7.22. The van der Waals surface area contributed by atoms with E-state index in [9.17, 15) is 13.5 Å². The molecule has 1 aliphatic rings. The normalized spacial score (nSPS) is 24.0. The van der Waals surface area contributed by atoms with Gasteiger partial charge in [0.25, 0.3) is 0 Å². The summed E-state index contributed by atoms with van der Waals surface area (Å²) in [5.74, 6) is 0.249. The molecule has 4 nitrogen and oxygen atoms in total. The zero-order chi connectivity index (χ0) is 13.3. The molecule has 0 bridgehead atoms. The Balaban J connectivity index is 2.10. The van der Waals surface area contributed by atoms with E-state index in [4.69, 9.17) is 11.6 Å². The first-order valence-corrected chi connectivity index (χ1v) is 7.61. The maximum absolute atomic E-state index is 12.2. The standard InChI is InChI=1S/C12H16ClNO3S/c1-14(8-9-5-11(15)6-9)18(16,17)12-4-2-3-10(13)7-12/h2-4,7,9,11,15H,5-6,8H2,1H3. The average Bonchev–Trinajstić information content (AvgIpc) is 2.26. The summed E-state index contributed by atoms with van der Waals surface area (Å²) in [6.07, 6.45) is 1.09. The van der Waals surface area contributed by atoms with Crippen molar-refractivity contribution in [3.63, 3.8) is 0 Å². The van der Waals surface area contributed by atoms with Crippen molar-refractivity contribution in [3.8, 4) is 0 Å². The first-order chi connectivity index (χ1) is 8.39. The molecule has 1 aliphatic carbocycles. The van der Waals surface area contributed by atoms with Crippen LogP contribution in [0.15, 0.2) is 29.2 Å². The van der Waals surface area contributed by atoms with Gasteiger partial charge in [-0.2, -0.15) is 0 Å². The number of nitrogens with zero attached hydrogens (tertiary/aromatic N) is 1. The number of benzene rings is 1. The van der Waals surface area contributed by atoms with Gasteiger partial charge in [0.15, 0.2) is 0 Å². The summed E-state index contributed by atoms with van der Waals surface area (Å²) in [6, 6.07) is 6.25. The SMILES string of the molecule is CN(CC1CC(O)C1)S(=O)(=O)c1cccc(Cl)c1. The molecule has 1 fully saturated rings. The Kier molecular flexibility index (Phi) is 3.96. The van der Waals surface area contributed by atoms with E-state index in [1.54, 1.807) is 19.2 Å². The van der Waals surface area contributed by atoms with Crippen LogP contribution in [0.5, 0.6) is 0 Å². The topological polar surface area (TPSA) is 57.6 Å². The van der Waals surface area contributed by atoms with Crippen LogP contribution in [0, 0.1) is 5.92 Å². The molecule has 2 rings (SSSR count). The average molecular weight is 290 g/mol. The van der Waals surface area contributed by atoms with Gasteiger partial charge in [0.05, 0.1) is 11.0 Å². The molecule has 0 radical (unpaired) electrons. The quantitative estimate of drug-likeness (QED) is 0.918. The van der Waals surface area contributed by atoms with Crippen molar-refractivity contribution < 1.29 is 13.5 Å². The Morgan fingerprint density at radius 3 is 2.67 bits per heavy atom. The minimum absolute atomic E-state index is 0.206. The van der Waals surface area contributed by atoms with Crippen molar-refractivity contribution in [1.82, 2.24) is 4.31 Å². The van der Waals surface area contributed by atoms with E-state index in [-0.39, 0.29) is 16.9 Å². The van der Waals surface area contributed by atoms with Crippen LogP contribution in [0.25, 0.3) is 0 Å². The summed E-state index contributed by atoms with van der Waals surface area (Å²) in [7, 11) is -1.93. The van der Waals surface area contributed by atoms with Gasteiger partial charge in [-0.25, -0.2) is 12.7 Å². The fraction of sp³-hybridized carbons (Fsp3) is 0.500. The highest BCUT2D eigenvalue weighted by Crippen LogP contribution is 2.29. The Labute approximate surface area is 112 Å². The van der Waals surface area contributed by atoms with Crippen molar-refractivity contribution in [1.29, 1.82) is 0 Å². The number of rotatable bonds is 4. The highest BCUT2D eigenvalue weighted by molar-refractivity contribution is 7.89. The third-order valence-corrected chi connectivity index (χ3v) is 5.28. The molecular weight excluding hydrogens is 274 g/mol. The number of aliphatic hydroxyl groups excluding tert-OH is 1. The van der Waals surface area contributed by atoms with E-state index in [0.717, 1.165) is 0 Å². The largest absolute Gasteiger partial charge is 0.393 e. The van der Waals surface area contributed by atoms with E-state index >= 15 is 0 Å². The molecule has 0 saturated heterocycles. The summed E-state index contributed by atoms with van der Waals surface area (Å²) in [5, 5.41) is 9.61. The van der Waals surface area contributed by atoms with Crippen LogP contribution < -0.4 is 0 Å². The zero-order valence-electron chi connectivity index (χ0n) is 10.1. The van der Waals surface area contributed by atoms with Crippen molar-refractivity contribution in [2.75, 3.05) is 13.6 Å². The number of hydrogen-bond acceptors (Lipinski definition) is 3. The fourth-order valence-corrected chi connectivity index (χ4v) is 3.67. The molecule has 1 aromatic carbocycles. The number of halogens is 1. The van der Waals surface area contributed by atoms with Crippen molar-refractivity contribution in [2.24, 2.45) is 5.92 Å². The molecule has 0 aliphatic heterocycles. The first kappa shape index (κ1) is 13.8. The van der Waals surface area contributed by atoms with Crippen LogP contribution in [0.1, 0.15) is 12.8 Å². The molecule has 1 aromatic rings. The third-order valence-electron chi connectivity index (χ3n) is 3.23. The Morgan fingerprint density at radius 1 is 1.44 bits per heavy atom. The van der Waals surface area contributed by atoms with Crippen LogP contribution in [-0.4, -0.2) is 37.5 Å². The summed E-state index contributed by atoms with van der Waals surface area (Å²) in [6.45, 7) is 0.436. The summed E-state index contributed by atoms with van der Waals surface area (Å²) < 4.78 is 25.8. The van der Waals surface area contributed by atoms with Crippen molar-refractivity contribution in [3.05, 3.63) is 29.3 Å². The van der Waals surface area contributed by atoms with E-state index < -0.39 is 10.0 Å².